The molecule has 0 bridgehead atoms. The van der Waals surface area contributed by atoms with Crippen molar-refractivity contribution in [2.24, 2.45) is 0 Å². The van der Waals surface area contributed by atoms with Crippen molar-refractivity contribution in [3.8, 4) is 0 Å². The van der Waals surface area contributed by atoms with Gasteiger partial charge in [0.05, 0.1) is 21.9 Å². The first-order chi connectivity index (χ1) is 15.3. The van der Waals surface area contributed by atoms with Crippen LogP contribution >= 0.6 is 11.6 Å². The van der Waals surface area contributed by atoms with E-state index in [0.29, 0.717) is 43.7 Å². The van der Waals surface area contributed by atoms with E-state index in [1.54, 1.807) is 36.9 Å². The fourth-order valence-corrected chi connectivity index (χ4v) is 5.85. The summed E-state index contributed by atoms with van der Waals surface area (Å²) in [5, 5.41) is 10.4. The maximum absolute atomic E-state index is 13.6. The van der Waals surface area contributed by atoms with Crippen LogP contribution in [0.2, 0.25) is 5.02 Å². The second-order valence-electron chi connectivity index (χ2n) is 9.71. The Bertz CT molecular complexity index is 1080. The van der Waals surface area contributed by atoms with E-state index < -0.39 is 23.0 Å². The third-order valence-electron chi connectivity index (χ3n) is 7.18. The average Bonchev–Trinajstić information content (AvgIpc) is 3.08. The third-order valence-corrected chi connectivity index (χ3v) is 7.47. The van der Waals surface area contributed by atoms with Crippen molar-refractivity contribution in [1.82, 2.24) is 14.4 Å². The van der Waals surface area contributed by atoms with Gasteiger partial charge in [0, 0.05) is 31.7 Å². The van der Waals surface area contributed by atoms with Crippen molar-refractivity contribution < 1.29 is 23.1 Å². The lowest BCUT2D eigenvalue weighted by Crippen LogP contribution is -2.57. The molecule has 1 saturated heterocycles. The van der Waals surface area contributed by atoms with E-state index in [9.17, 15) is 23.1 Å². The van der Waals surface area contributed by atoms with E-state index in [4.69, 9.17) is 11.6 Å². The van der Waals surface area contributed by atoms with Crippen molar-refractivity contribution in [3.63, 3.8) is 0 Å². The molecule has 0 atom stereocenters. The summed E-state index contributed by atoms with van der Waals surface area (Å²) in [5.41, 5.74) is 0.274. The summed E-state index contributed by atoms with van der Waals surface area (Å²) in [4.78, 5) is 17.0. The lowest BCUT2D eigenvalue weighted by molar-refractivity contribution is -0.144. The summed E-state index contributed by atoms with van der Waals surface area (Å²) in [6.45, 7) is 6.80. The molecule has 2 aliphatic rings. The number of nitrogens with zero attached hydrogens (tertiary/aromatic N) is 3. The number of hydrogen-bond acceptors (Lipinski definition) is 3. The van der Waals surface area contributed by atoms with Crippen LogP contribution in [0.3, 0.4) is 0 Å². The third kappa shape index (κ3) is 4.06. The molecule has 2 aliphatic heterocycles. The van der Waals surface area contributed by atoms with Crippen molar-refractivity contribution in [2.75, 3.05) is 26.7 Å². The van der Waals surface area contributed by atoms with Crippen molar-refractivity contribution in [3.05, 3.63) is 57.4 Å². The fourth-order valence-electron chi connectivity index (χ4n) is 5.47. The Morgan fingerprint density at radius 2 is 1.73 bits per heavy atom. The van der Waals surface area contributed by atoms with Gasteiger partial charge in [0.25, 0.3) is 5.91 Å². The monoisotopic (exact) mass is 483 g/mol. The van der Waals surface area contributed by atoms with E-state index in [1.165, 1.54) is 4.57 Å². The number of aromatic nitrogens is 1. The molecule has 0 radical (unpaired) electrons. The maximum Gasteiger partial charge on any atom is 0.431 e. The largest absolute Gasteiger partial charge is 0.431 e. The minimum atomic E-state index is -4.47. The summed E-state index contributed by atoms with van der Waals surface area (Å²) >= 11 is 6.37. The number of aliphatic hydroxyl groups is 1. The van der Waals surface area contributed by atoms with Gasteiger partial charge < -0.3 is 14.6 Å². The van der Waals surface area contributed by atoms with Crippen molar-refractivity contribution in [2.45, 2.75) is 57.5 Å². The molecule has 2 aromatic rings. The maximum atomic E-state index is 13.6. The zero-order valence-electron chi connectivity index (χ0n) is 19.3. The van der Waals surface area contributed by atoms with Crippen LogP contribution in [0.4, 0.5) is 13.2 Å². The molecule has 1 spiro atoms. The molecule has 0 saturated carbocycles. The van der Waals surface area contributed by atoms with Gasteiger partial charge in [-0.3, -0.25) is 9.69 Å². The number of carbonyl (C=O) groups excluding carboxylic acids is 1. The molecule has 0 unspecified atom stereocenters. The molecular weight excluding hydrogens is 455 g/mol. The molecule has 33 heavy (non-hydrogen) atoms. The van der Waals surface area contributed by atoms with Crippen LogP contribution < -0.4 is 0 Å². The van der Waals surface area contributed by atoms with Gasteiger partial charge in [-0.15, -0.1) is 0 Å². The molecule has 1 aromatic heterocycles. The highest BCUT2D eigenvalue weighted by Crippen LogP contribution is 2.47. The smallest absolute Gasteiger partial charge is 0.386 e. The minimum Gasteiger partial charge on any atom is -0.386 e. The van der Waals surface area contributed by atoms with E-state index in [-0.39, 0.29) is 17.5 Å². The molecule has 4 rings (SSSR count). The normalized spacial score (nSPS) is 19.1. The first kappa shape index (κ1) is 24.1. The number of piperidine rings is 1. The van der Waals surface area contributed by atoms with Crippen LogP contribution in [0.5, 0.6) is 0 Å². The Kier molecular flexibility index (Phi) is 5.87. The Hall–Kier alpha value is -2.03. The van der Waals surface area contributed by atoms with Crippen LogP contribution in [-0.2, 0) is 23.9 Å². The van der Waals surface area contributed by atoms with Gasteiger partial charge in [-0.25, -0.2) is 0 Å². The number of halogens is 4. The number of benzene rings is 1. The molecule has 180 valence electrons. The number of fused-ring (bicyclic) bond motifs is 2. The molecule has 5 nitrogen and oxygen atoms in total. The number of rotatable bonds is 2. The van der Waals surface area contributed by atoms with E-state index in [0.717, 1.165) is 17.2 Å². The van der Waals surface area contributed by atoms with Crippen LogP contribution in [0.15, 0.2) is 24.3 Å². The summed E-state index contributed by atoms with van der Waals surface area (Å²) in [7, 11) is 1.91. The van der Waals surface area contributed by atoms with Gasteiger partial charge in [-0.1, -0.05) is 17.7 Å². The Morgan fingerprint density at radius 1 is 1.09 bits per heavy atom. The lowest BCUT2D eigenvalue weighted by Gasteiger charge is -2.50. The second kappa shape index (κ2) is 8.03. The quantitative estimate of drug-likeness (QED) is 0.669. The molecular formula is C24H29ClF3N3O2. The lowest BCUT2D eigenvalue weighted by atomic mass is 9.81. The number of carbonyl (C=O) groups is 1. The van der Waals surface area contributed by atoms with Gasteiger partial charge >= 0.3 is 6.18 Å². The van der Waals surface area contributed by atoms with Crippen LogP contribution in [0.1, 0.15) is 59.6 Å². The zero-order valence-corrected chi connectivity index (χ0v) is 20.0. The highest BCUT2D eigenvalue weighted by molar-refractivity contribution is 6.31. The van der Waals surface area contributed by atoms with Crippen molar-refractivity contribution in [1.29, 1.82) is 0 Å². The zero-order chi connectivity index (χ0) is 24.3. The van der Waals surface area contributed by atoms with E-state index >= 15 is 0 Å². The van der Waals surface area contributed by atoms with Crippen LogP contribution in [-0.4, -0.2) is 52.1 Å². The predicted octanol–water partition coefficient (Wildman–Crippen LogP) is 4.77. The minimum absolute atomic E-state index is 0.119. The molecule has 1 fully saturated rings. The van der Waals surface area contributed by atoms with Gasteiger partial charge in [0.2, 0.25) is 0 Å². The van der Waals surface area contributed by atoms with Crippen LogP contribution in [0, 0.1) is 6.92 Å². The number of aryl methyl sites for hydroxylation is 1. The summed E-state index contributed by atoms with van der Waals surface area (Å²) < 4.78 is 42.0. The van der Waals surface area contributed by atoms with E-state index in [1.807, 2.05) is 14.0 Å². The highest BCUT2D eigenvalue weighted by Gasteiger charge is 2.49. The van der Waals surface area contributed by atoms with Gasteiger partial charge in [0.15, 0.2) is 0 Å². The first-order valence-electron chi connectivity index (χ1n) is 11.1. The molecule has 1 N–H and O–H groups in total. The fraction of sp³-hybridized carbons (Fsp3) is 0.542. The average molecular weight is 484 g/mol. The highest BCUT2D eigenvalue weighted by atomic mass is 35.5. The number of likely N-dealkylation sites (tertiary alicyclic amines) is 1. The topological polar surface area (TPSA) is 48.7 Å². The van der Waals surface area contributed by atoms with Gasteiger partial charge in [-0.05, 0) is 70.0 Å². The Balaban J connectivity index is 1.59. The predicted molar refractivity (Wildman–Crippen MR) is 120 cm³/mol. The summed E-state index contributed by atoms with van der Waals surface area (Å²) in [6, 6.07) is 6.30. The summed E-state index contributed by atoms with van der Waals surface area (Å²) in [5.74, 6) is -0.119. The SMILES string of the molecule is Cc1cc(C(=O)N2CCC3(CC2)c2c(Cl)cc(C(F)(F)F)n2CCN3C)ccc1C(C)(C)O. The molecule has 1 amide bonds. The number of alkyl halides is 3. The first-order valence-corrected chi connectivity index (χ1v) is 11.4. The van der Waals surface area contributed by atoms with E-state index in [2.05, 4.69) is 4.90 Å². The Morgan fingerprint density at radius 3 is 2.27 bits per heavy atom. The second-order valence-corrected chi connectivity index (χ2v) is 10.1. The molecule has 3 heterocycles. The number of hydrogen-bond donors (Lipinski definition) is 1. The molecule has 1 aromatic carbocycles. The summed E-state index contributed by atoms with van der Waals surface area (Å²) in [6.07, 6.45) is -3.48. The Labute approximate surface area is 196 Å². The van der Waals surface area contributed by atoms with Crippen molar-refractivity contribution >= 4 is 17.5 Å². The number of likely N-dealkylation sites (N-methyl/N-ethyl adjacent to an activating group) is 1. The molecule has 9 heteroatoms. The van der Waals surface area contributed by atoms with Crippen LogP contribution in [0.25, 0.3) is 0 Å². The van der Waals surface area contributed by atoms with Gasteiger partial charge in [-0.2, -0.15) is 13.2 Å². The molecule has 0 aliphatic carbocycles. The number of amides is 1. The van der Waals surface area contributed by atoms with Gasteiger partial charge in [0.1, 0.15) is 5.69 Å². The standard InChI is InChI=1S/C24H29ClF3N3O2/c1-15-13-16(5-6-17(15)22(2,3)33)21(32)30-9-7-23(8-10-30)20-18(25)14-19(24(26,27)28)31(20)12-11-29(23)4/h5-6,13-14,33H,7-12H2,1-4H3.